The van der Waals surface area contributed by atoms with Crippen molar-refractivity contribution in [3.8, 4) is 5.75 Å². The van der Waals surface area contributed by atoms with Crippen molar-refractivity contribution in [1.82, 2.24) is 0 Å². The highest BCUT2D eigenvalue weighted by Crippen LogP contribution is 2.50. The van der Waals surface area contributed by atoms with E-state index in [1.54, 1.807) is 43.5 Å². The van der Waals surface area contributed by atoms with Crippen LogP contribution in [0.1, 0.15) is 29.5 Å². The van der Waals surface area contributed by atoms with Gasteiger partial charge < -0.3 is 10.1 Å². The molecule has 3 aromatic rings. The monoisotopic (exact) mass is 510 g/mol. The summed E-state index contributed by atoms with van der Waals surface area (Å²) >= 11 is 3.37. The van der Waals surface area contributed by atoms with Gasteiger partial charge in [0.25, 0.3) is 10.0 Å². The van der Waals surface area contributed by atoms with Crippen molar-refractivity contribution < 1.29 is 13.2 Å². The van der Waals surface area contributed by atoms with Crippen molar-refractivity contribution in [1.29, 1.82) is 0 Å². The van der Waals surface area contributed by atoms with Gasteiger partial charge in [-0.3, -0.25) is 4.72 Å². The smallest absolute Gasteiger partial charge is 0.261 e. The van der Waals surface area contributed by atoms with E-state index in [4.69, 9.17) is 4.74 Å². The average molecular weight is 511 g/mol. The topological polar surface area (TPSA) is 67.4 Å². The van der Waals surface area contributed by atoms with Crippen LogP contribution in [0.5, 0.6) is 5.75 Å². The van der Waals surface area contributed by atoms with Crippen molar-refractivity contribution in [3.05, 3.63) is 94.5 Å². The number of hydrogen-bond acceptors (Lipinski definition) is 4. The molecule has 1 aliphatic heterocycles. The highest BCUT2D eigenvalue weighted by molar-refractivity contribution is 9.10. The molecule has 0 radical (unpaired) electrons. The minimum Gasteiger partial charge on any atom is -0.497 e. The molecule has 0 saturated heterocycles. The molecule has 0 aromatic heterocycles. The maximum Gasteiger partial charge on any atom is 0.261 e. The molecule has 2 aliphatic rings. The number of halogens is 1. The number of rotatable bonds is 5. The highest BCUT2D eigenvalue weighted by Gasteiger charge is 2.38. The minimum absolute atomic E-state index is 0.126. The first-order valence-corrected chi connectivity index (χ1v) is 12.7. The van der Waals surface area contributed by atoms with E-state index in [2.05, 4.69) is 50.3 Å². The van der Waals surface area contributed by atoms with E-state index in [0.29, 0.717) is 11.6 Å². The minimum atomic E-state index is -3.70. The van der Waals surface area contributed by atoms with E-state index in [0.717, 1.165) is 27.9 Å². The summed E-state index contributed by atoms with van der Waals surface area (Å²) in [6.07, 6.45) is 5.34. The van der Waals surface area contributed by atoms with E-state index < -0.39 is 10.0 Å². The Kier molecular flexibility index (Phi) is 5.47. The van der Waals surface area contributed by atoms with Crippen molar-refractivity contribution in [2.45, 2.75) is 23.3 Å². The van der Waals surface area contributed by atoms with Crippen molar-refractivity contribution in [2.75, 3.05) is 17.1 Å². The van der Waals surface area contributed by atoms with Crippen molar-refractivity contribution in [2.24, 2.45) is 5.92 Å². The fourth-order valence-corrected chi connectivity index (χ4v) is 5.99. The maximum atomic E-state index is 13.0. The Labute approximate surface area is 196 Å². The second-order valence-electron chi connectivity index (χ2n) is 8.11. The first kappa shape index (κ1) is 21.1. The third-order valence-corrected chi connectivity index (χ3v) is 8.10. The quantitative estimate of drug-likeness (QED) is 0.407. The summed E-state index contributed by atoms with van der Waals surface area (Å²) in [5.41, 5.74) is 3.68. The predicted molar refractivity (Wildman–Crippen MR) is 131 cm³/mol. The van der Waals surface area contributed by atoms with Gasteiger partial charge in [-0.05, 0) is 78.1 Å². The van der Waals surface area contributed by atoms with Gasteiger partial charge in [0.1, 0.15) is 5.75 Å². The van der Waals surface area contributed by atoms with Crippen LogP contribution in [0.2, 0.25) is 0 Å². The fraction of sp³-hybridized carbons (Fsp3) is 0.200. The zero-order valence-corrected chi connectivity index (χ0v) is 19.9. The Bertz CT molecular complexity index is 1290. The third-order valence-electron chi connectivity index (χ3n) is 6.19. The molecular weight excluding hydrogens is 488 g/mol. The molecule has 0 amide bonds. The zero-order valence-electron chi connectivity index (χ0n) is 17.5. The second kappa shape index (κ2) is 8.30. The lowest BCUT2D eigenvalue weighted by Gasteiger charge is -2.37. The summed E-state index contributed by atoms with van der Waals surface area (Å²) in [5.74, 6) is 1.30. The van der Waals surface area contributed by atoms with Crippen molar-refractivity contribution >= 4 is 37.3 Å². The van der Waals surface area contributed by atoms with E-state index in [1.165, 1.54) is 5.56 Å². The predicted octanol–water partition coefficient (Wildman–Crippen LogP) is 6.09. The molecule has 1 aliphatic carbocycles. The number of sulfonamides is 1. The first-order valence-electron chi connectivity index (χ1n) is 10.4. The summed E-state index contributed by atoms with van der Waals surface area (Å²) in [5, 5.41) is 3.65. The Morgan fingerprint density at radius 3 is 2.66 bits per heavy atom. The van der Waals surface area contributed by atoms with Gasteiger partial charge in [-0.15, -0.1) is 0 Å². The van der Waals surface area contributed by atoms with Gasteiger partial charge in [0.15, 0.2) is 0 Å². The zero-order chi connectivity index (χ0) is 22.3. The SMILES string of the molecule is COc1cccc([C@H]2Nc3ccc(S(=O)(=O)Nc4ccc(Br)cc4)cc3[C@H]3C=CC[C@H]32)c1. The number of nitrogens with one attached hydrogen (secondary N) is 2. The highest BCUT2D eigenvalue weighted by atomic mass is 79.9. The molecule has 5 rings (SSSR count). The third kappa shape index (κ3) is 3.91. The molecule has 0 bridgehead atoms. The Hall–Kier alpha value is -2.77. The first-order chi connectivity index (χ1) is 15.4. The average Bonchev–Trinajstić information content (AvgIpc) is 3.30. The van der Waals surface area contributed by atoms with Crippen LogP contribution in [0.25, 0.3) is 0 Å². The Morgan fingerprint density at radius 1 is 1.06 bits per heavy atom. The summed E-state index contributed by atoms with van der Waals surface area (Å²) in [6, 6.07) is 20.7. The molecular formula is C25H23BrN2O3S. The second-order valence-corrected chi connectivity index (χ2v) is 10.7. The number of ether oxygens (including phenoxy) is 1. The molecule has 1 heterocycles. The normalized spacial score (nSPS) is 21.4. The molecule has 32 heavy (non-hydrogen) atoms. The number of allylic oxidation sites excluding steroid dienone is 2. The van der Waals surface area contributed by atoms with Gasteiger partial charge >= 0.3 is 0 Å². The maximum absolute atomic E-state index is 13.0. The molecule has 2 N–H and O–H groups in total. The van der Waals surface area contributed by atoms with Gasteiger partial charge in [0, 0.05) is 21.8 Å². The molecule has 5 nitrogen and oxygen atoms in total. The number of anilines is 2. The molecule has 0 saturated carbocycles. The van der Waals surface area contributed by atoms with Crippen LogP contribution in [0, 0.1) is 5.92 Å². The molecule has 0 fully saturated rings. The number of fused-ring (bicyclic) bond motifs is 3. The van der Waals surface area contributed by atoms with Gasteiger partial charge in [-0.2, -0.15) is 0 Å². The summed E-state index contributed by atoms with van der Waals surface area (Å²) < 4.78 is 35.1. The lowest BCUT2D eigenvalue weighted by molar-refractivity contribution is 0.406. The molecule has 7 heteroatoms. The summed E-state index contributed by atoms with van der Waals surface area (Å²) in [7, 11) is -2.02. The molecule has 3 aromatic carbocycles. The number of benzene rings is 3. The molecule has 0 unspecified atom stereocenters. The Balaban J connectivity index is 1.48. The summed E-state index contributed by atoms with van der Waals surface area (Å²) in [4.78, 5) is 0.264. The number of hydrogen-bond donors (Lipinski definition) is 2. The van der Waals surface area contributed by atoms with E-state index in [1.807, 2.05) is 18.2 Å². The van der Waals surface area contributed by atoms with Gasteiger partial charge in [0.05, 0.1) is 18.0 Å². The van der Waals surface area contributed by atoms with Crippen LogP contribution >= 0.6 is 15.9 Å². The van der Waals surface area contributed by atoms with Crippen LogP contribution < -0.4 is 14.8 Å². The lowest BCUT2D eigenvalue weighted by atomic mass is 9.77. The lowest BCUT2D eigenvalue weighted by Crippen LogP contribution is -2.29. The van der Waals surface area contributed by atoms with Gasteiger partial charge in [-0.1, -0.05) is 40.2 Å². The largest absolute Gasteiger partial charge is 0.497 e. The van der Waals surface area contributed by atoms with E-state index in [9.17, 15) is 8.42 Å². The standard InChI is InChI=1S/C25H23BrN2O3S/c1-31-19-5-2-4-16(14-19)25-22-7-3-6-21(22)23-15-20(12-13-24(23)27-25)32(29,30)28-18-10-8-17(26)9-11-18/h2-6,8-15,21-22,25,27-28H,7H2,1H3/t21-,22+,25+/m0/s1. The van der Waals surface area contributed by atoms with Crippen LogP contribution in [-0.4, -0.2) is 15.5 Å². The van der Waals surface area contributed by atoms with Crippen molar-refractivity contribution in [3.63, 3.8) is 0 Å². The van der Waals surface area contributed by atoms with Crippen LogP contribution in [0.15, 0.2) is 88.3 Å². The van der Waals surface area contributed by atoms with E-state index in [-0.39, 0.29) is 16.9 Å². The van der Waals surface area contributed by atoms with Crippen LogP contribution in [-0.2, 0) is 10.0 Å². The van der Waals surface area contributed by atoms with Crippen LogP contribution in [0.3, 0.4) is 0 Å². The summed E-state index contributed by atoms with van der Waals surface area (Å²) in [6.45, 7) is 0. The Morgan fingerprint density at radius 2 is 1.88 bits per heavy atom. The molecule has 3 atom stereocenters. The molecule has 164 valence electrons. The van der Waals surface area contributed by atoms with Crippen LogP contribution in [0.4, 0.5) is 11.4 Å². The van der Waals surface area contributed by atoms with Gasteiger partial charge in [0.2, 0.25) is 0 Å². The fourth-order valence-electron chi connectivity index (χ4n) is 4.64. The van der Waals surface area contributed by atoms with Gasteiger partial charge in [-0.25, -0.2) is 8.42 Å². The molecule has 0 spiro atoms. The number of methoxy groups -OCH3 is 1. The van der Waals surface area contributed by atoms with E-state index >= 15 is 0 Å².